The van der Waals surface area contributed by atoms with Crippen LogP contribution in [0.25, 0.3) is 94.5 Å². The highest BCUT2D eigenvalue weighted by Gasteiger charge is 2.17. The maximum atomic E-state index is 6.47. The van der Waals surface area contributed by atoms with Crippen molar-refractivity contribution in [2.45, 2.75) is 0 Å². The lowest BCUT2D eigenvalue weighted by Crippen LogP contribution is -1.96. The van der Waals surface area contributed by atoms with E-state index in [0.29, 0.717) is 0 Å². The smallest absolute Gasteiger partial charge is 0.213 e. The summed E-state index contributed by atoms with van der Waals surface area (Å²) in [6.45, 7) is 0. The van der Waals surface area contributed by atoms with Crippen LogP contribution in [0, 0.1) is 0 Å². The number of pyridine rings is 1. The lowest BCUT2D eigenvalue weighted by molar-refractivity contribution is 0.640. The van der Waals surface area contributed by atoms with Gasteiger partial charge in [-0.25, -0.2) is 4.98 Å². The van der Waals surface area contributed by atoms with E-state index in [-0.39, 0.29) is 0 Å². The van der Waals surface area contributed by atoms with Gasteiger partial charge in [-0.1, -0.05) is 48.5 Å². The Labute approximate surface area is 272 Å². The lowest BCUT2D eigenvalue weighted by atomic mass is 10.1. The molecule has 0 N–H and O–H groups in total. The van der Waals surface area contributed by atoms with Crippen LogP contribution in [0.15, 0.2) is 159 Å². The quantitative estimate of drug-likeness (QED) is 0.196. The number of furan rings is 3. The van der Waals surface area contributed by atoms with E-state index >= 15 is 0 Å². The van der Waals surface area contributed by atoms with Crippen molar-refractivity contribution in [3.63, 3.8) is 0 Å². The Hall–Kier alpha value is -6.73. The third kappa shape index (κ3) is 3.55. The van der Waals surface area contributed by atoms with Crippen LogP contribution in [0.3, 0.4) is 0 Å². The minimum Gasteiger partial charge on any atom is -0.439 e. The molecule has 0 aliphatic carbocycles. The normalized spacial score (nSPS) is 12.2. The first-order valence-corrected chi connectivity index (χ1v) is 15.9. The minimum absolute atomic E-state index is 0.788. The molecule has 0 atom stereocenters. The van der Waals surface area contributed by atoms with Gasteiger partial charge in [0.1, 0.15) is 22.6 Å². The first-order valence-electron chi connectivity index (χ1n) is 15.9. The number of hydrogen-bond donors (Lipinski definition) is 0. The lowest BCUT2D eigenvalue weighted by Gasteiger charge is -2.09. The van der Waals surface area contributed by atoms with Gasteiger partial charge in [0.2, 0.25) is 17.1 Å². The fourth-order valence-electron chi connectivity index (χ4n) is 7.17. The molecule has 0 aliphatic heterocycles. The summed E-state index contributed by atoms with van der Waals surface area (Å²) in [5, 5.41) is 6.51. The molecule has 7 heterocycles. The van der Waals surface area contributed by atoms with Crippen molar-refractivity contribution in [2.24, 2.45) is 0 Å². The molecule has 0 amide bonds. The van der Waals surface area contributed by atoms with E-state index < -0.39 is 0 Å². The number of benzene rings is 4. The zero-order valence-electron chi connectivity index (χ0n) is 25.4. The van der Waals surface area contributed by atoms with Gasteiger partial charge < -0.3 is 13.3 Å². The molecule has 0 aliphatic rings. The largest absolute Gasteiger partial charge is 0.439 e. The zero-order valence-corrected chi connectivity index (χ0v) is 25.4. The number of rotatable bonds is 4. The Kier molecular flexibility index (Phi) is 4.99. The Balaban J connectivity index is 0.977. The van der Waals surface area contributed by atoms with E-state index in [0.717, 1.165) is 94.5 Å². The summed E-state index contributed by atoms with van der Waals surface area (Å²) in [4.78, 5) is 4.69. The summed E-state index contributed by atoms with van der Waals surface area (Å²) >= 11 is 0. The molecule has 0 unspecified atom stereocenters. The second-order valence-corrected chi connectivity index (χ2v) is 12.1. The Morgan fingerprint density at radius 2 is 0.958 bits per heavy atom. The predicted octanol–water partition coefficient (Wildman–Crippen LogP) is 10.8. The molecule has 48 heavy (non-hydrogen) atoms. The van der Waals surface area contributed by atoms with Gasteiger partial charge in [-0.15, -0.1) is 0 Å². The highest BCUT2D eigenvalue weighted by molar-refractivity contribution is 6.07. The third-order valence-corrected chi connectivity index (χ3v) is 9.47. The third-order valence-electron chi connectivity index (χ3n) is 9.47. The fraction of sp³-hybridized carbons (Fsp3) is 0. The second-order valence-electron chi connectivity index (χ2n) is 12.1. The van der Waals surface area contributed by atoms with Crippen molar-refractivity contribution in [3.8, 4) is 28.3 Å². The van der Waals surface area contributed by atoms with E-state index in [1.165, 1.54) is 0 Å². The summed E-state index contributed by atoms with van der Waals surface area (Å²) in [5.41, 5.74) is 9.18. The molecule has 11 rings (SSSR count). The zero-order chi connectivity index (χ0) is 31.3. The Morgan fingerprint density at radius 3 is 1.67 bits per heavy atom. The predicted molar refractivity (Wildman–Crippen MR) is 189 cm³/mol. The average molecular weight is 621 g/mol. The van der Waals surface area contributed by atoms with Crippen LogP contribution >= 0.6 is 0 Å². The molecular weight excluding hydrogens is 596 g/mol. The SMILES string of the molecule is c1cc(-c2ccnc(-n3ccc4c5ccccc5oc43)c2)cc(-n2ccc3c4cc(-n5ccc6c7ccccc7oc65)ccc4oc32)c1. The Bertz CT molecular complexity index is 3030. The van der Waals surface area contributed by atoms with E-state index in [9.17, 15) is 0 Å². The number of aromatic nitrogens is 4. The molecule has 0 spiro atoms. The van der Waals surface area contributed by atoms with Gasteiger partial charge in [0, 0.05) is 68.5 Å². The van der Waals surface area contributed by atoms with Gasteiger partial charge >= 0.3 is 0 Å². The highest BCUT2D eigenvalue weighted by Crippen LogP contribution is 2.37. The van der Waals surface area contributed by atoms with E-state index in [2.05, 4.69) is 94.3 Å². The van der Waals surface area contributed by atoms with Gasteiger partial charge in [0.05, 0.1) is 0 Å². The topological polar surface area (TPSA) is 67.1 Å². The summed E-state index contributed by atoms with van der Waals surface area (Å²) in [7, 11) is 0. The molecule has 7 aromatic heterocycles. The van der Waals surface area contributed by atoms with Crippen molar-refractivity contribution in [3.05, 3.63) is 146 Å². The van der Waals surface area contributed by atoms with Crippen molar-refractivity contribution in [1.82, 2.24) is 18.7 Å². The molecule has 7 nitrogen and oxygen atoms in total. The molecule has 0 saturated carbocycles. The maximum absolute atomic E-state index is 6.47. The van der Waals surface area contributed by atoms with Crippen molar-refractivity contribution in [2.75, 3.05) is 0 Å². The van der Waals surface area contributed by atoms with Gasteiger partial charge in [0.25, 0.3) is 0 Å². The maximum Gasteiger partial charge on any atom is 0.213 e. The van der Waals surface area contributed by atoms with Crippen LogP contribution in [-0.2, 0) is 0 Å². The number of para-hydroxylation sites is 2. The summed E-state index contributed by atoms with van der Waals surface area (Å²) in [5.74, 6) is 0.797. The number of nitrogens with zero attached hydrogens (tertiary/aromatic N) is 4. The summed E-state index contributed by atoms with van der Waals surface area (Å²) in [6.07, 6.45) is 8.00. The van der Waals surface area contributed by atoms with E-state index in [4.69, 9.17) is 18.2 Å². The first kappa shape index (κ1) is 25.5. The highest BCUT2D eigenvalue weighted by atomic mass is 16.3. The van der Waals surface area contributed by atoms with Gasteiger partial charge in [-0.2, -0.15) is 0 Å². The first-order chi connectivity index (χ1) is 23.8. The van der Waals surface area contributed by atoms with Crippen LogP contribution in [0.5, 0.6) is 0 Å². The van der Waals surface area contributed by atoms with Crippen LogP contribution < -0.4 is 0 Å². The second kappa shape index (κ2) is 9.40. The van der Waals surface area contributed by atoms with E-state index in [1.54, 1.807) is 0 Å². The average Bonchev–Trinajstić information content (AvgIpc) is 3.97. The van der Waals surface area contributed by atoms with Crippen LogP contribution in [0.2, 0.25) is 0 Å². The molecule has 0 bridgehead atoms. The molecule has 0 radical (unpaired) electrons. The minimum atomic E-state index is 0.788. The number of fused-ring (bicyclic) bond motifs is 9. The van der Waals surface area contributed by atoms with Crippen LogP contribution in [0.4, 0.5) is 0 Å². The summed E-state index contributed by atoms with van der Waals surface area (Å²) < 4.78 is 25.2. The van der Waals surface area contributed by atoms with Crippen molar-refractivity contribution >= 4 is 66.2 Å². The number of hydrogen-bond acceptors (Lipinski definition) is 4. The Morgan fingerprint density at radius 1 is 0.396 bits per heavy atom. The van der Waals surface area contributed by atoms with Crippen molar-refractivity contribution in [1.29, 1.82) is 0 Å². The molecule has 0 fully saturated rings. The fourth-order valence-corrected chi connectivity index (χ4v) is 7.17. The van der Waals surface area contributed by atoms with Crippen molar-refractivity contribution < 1.29 is 13.3 Å². The van der Waals surface area contributed by atoms with Gasteiger partial charge in [-0.3, -0.25) is 13.7 Å². The molecule has 0 saturated heterocycles. The molecule has 4 aromatic carbocycles. The summed E-state index contributed by atoms with van der Waals surface area (Å²) in [6, 6.07) is 41.5. The van der Waals surface area contributed by atoms with Crippen LogP contribution in [0.1, 0.15) is 0 Å². The van der Waals surface area contributed by atoms with Crippen LogP contribution in [-0.4, -0.2) is 18.7 Å². The molecule has 11 aromatic rings. The molecule has 7 heteroatoms. The van der Waals surface area contributed by atoms with E-state index in [1.807, 2.05) is 65.5 Å². The van der Waals surface area contributed by atoms with Gasteiger partial charge in [-0.05, 0) is 83.9 Å². The standard InChI is InChI=1S/C41H24N4O3/c1-3-10-35-29(8-1)31-15-19-44(39(31)46-35)28-12-13-37-34(24-28)33-16-20-43(40(33)48-37)27-7-5-6-25(22-27)26-14-18-42-38(23-26)45-21-17-32-30-9-2-4-11-36(30)47-41(32)45/h1-24H. The monoisotopic (exact) mass is 620 g/mol. The van der Waals surface area contributed by atoms with Gasteiger partial charge in [0.15, 0.2) is 0 Å². The molecule has 226 valence electrons. The molecular formula is C41H24N4O3.